The van der Waals surface area contributed by atoms with Crippen molar-refractivity contribution in [3.05, 3.63) is 0 Å². The van der Waals surface area contributed by atoms with Gasteiger partial charge in [0.2, 0.25) is 5.91 Å². The van der Waals surface area contributed by atoms with Gasteiger partial charge in [-0.3, -0.25) is 9.69 Å². The predicted molar refractivity (Wildman–Crippen MR) is 83.0 cm³/mol. The highest BCUT2D eigenvalue weighted by Crippen LogP contribution is 2.35. The molecule has 5 heteroatoms. The average molecular weight is 302 g/mol. The normalized spacial score (nSPS) is 34.5. The predicted octanol–water partition coefficient (Wildman–Crippen LogP) is 1.62. The first-order valence-electron chi connectivity index (χ1n) is 8.01. The summed E-state index contributed by atoms with van der Waals surface area (Å²) in [7, 11) is 0. The van der Waals surface area contributed by atoms with Crippen molar-refractivity contribution >= 4 is 18.3 Å². The van der Waals surface area contributed by atoms with E-state index in [0.29, 0.717) is 18.5 Å². The van der Waals surface area contributed by atoms with Crippen LogP contribution >= 0.6 is 12.4 Å². The minimum atomic E-state index is 0. The second-order valence-corrected chi connectivity index (χ2v) is 6.63. The van der Waals surface area contributed by atoms with Gasteiger partial charge in [-0.25, -0.2) is 0 Å². The molecule has 116 valence electrons. The maximum Gasteiger partial charge on any atom is 0.237 e. The van der Waals surface area contributed by atoms with Crippen LogP contribution in [-0.4, -0.2) is 54.0 Å². The van der Waals surface area contributed by atoms with Crippen molar-refractivity contribution in [2.75, 3.05) is 26.2 Å². The van der Waals surface area contributed by atoms with Crippen molar-refractivity contribution in [3.8, 4) is 0 Å². The van der Waals surface area contributed by atoms with E-state index in [1.165, 1.54) is 38.5 Å². The van der Waals surface area contributed by atoms with Gasteiger partial charge in [0.15, 0.2) is 0 Å². The Balaban J connectivity index is 0.00000147. The van der Waals surface area contributed by atoms with Crippen LogP contribution in [0.2, 0.25) is 0 Å². The van der Waals surface area contributed by atoms with E-state index in [2.05, 4.69) is 9.80 Å². The maximum absolute atomic E-state index is 12.6. The first-order chi connectivity index (χ1) is 9.24. The van der Waals surface area contributed by atoms with Gasteiger partial charge in [0.05, 0.1) is 6.54 Å². The third-order valence-electron chi connectivity index (χ3n) is 5.23. The second-order valence-electron chi connectivity index (χ2n) is 6.63. The Hall–Kier alpha value is -0.320. The molecule has 3 atom stereocenters. The van der Waals surface area contributed by atoms with Crippen LogP contribution in [0.4, 0.5) is 0 Å². The molecule has 3 rings (SSSR count). The first kappa shape index (κ1) is 16.1. The van der Waals surface area contributed by atoms with E-state index >= 15 is 0 Å². The lowest BCUT2D eigenvalue weighted by atomic mass is 9.78. The monoisotopic (exact) mass is 301 g/mol. The number of hydrogen-bond donors (Lipinski definition) is 1. The molecule has 2 saturated heterocycles. The summed E-state index contributed by atoms with van der Waals surface area (Å²) in [6, 6.07) is 0.822. The summed E-state index contributed by atoms with van der Waals surface area (Å²) < 4.78 is 0. The number of carbonyl (C=O) groups is 1. The number of carbonyl (C=O) groups excluding carboxylic acids is 1. The fourth-order valence-corrected chi connectivity index (χ4v) is 4.22. The zero-order chi connectivity index (χ0) is 13.2. The minimum Gasteiger partial charge on any atom is -0.338 e. The highest BCUT2D eigenvalue weighted by molar-refractivity contribution is 5.85. The fraction of sp³-hybridized carbons (Fsp3) is 0.933. The van der Waals surface area contributed by atoms with Gasteiger partial charge in [0, 0.05) is 31.7 Å². The topological polar surface area (TPSA) is 49.6 Å². The van der Waals surface area contributed by atoms with E-state index < -0.39 is 0 Å². The van der Waals surface area contributed by atoms with E-state index in [4.69, 9.17) is 5.73 Å². The molecule has 2 heterocycles. The molecular weight excluding hydrogens is 274 g/mol. The van der Waals surface area contributed by atoms with Gasteiger partial charge in [0.25, 0.3) is 0 Å². The highest BCUT2D eigenvalue weighted by atomic mass is 35.5. The molecule has 3 aliphatic rings. The molecule has 0 radical (unpaired) electrons. The lowest BCUT2D eigenvalue weighted by Gasteiger charge is -2.44. The van der Waals surface area contributed by atoms with E-state index in [0.717, 1.165) is 32.0 Å². The van der Waals surface area contributed by atoms with E-state index in [1.807, 2.05) is 0 Å². The van der Waals surface area contributed by atoms with Crippen molar-refractivity contribution in [1.82, 2.24) is 9.80 Å². The summed E-state index contributed by atoms with van der Waals surface area (Å²) >= 11 is 0. The Kier molecular flexibility index (Phi) is 5.70. The molecule has 3 fully saturated rings. The van der Waals surface area contributed by atoms with Crippen LogP contribution in [0.1, 0.15) is 44.9 Å². The Morgan fingerprint density at radius 3 is 2.55 bits per heavy atom. The lowest BCUT2D eigenvalue weighted by molar-refractivity contribution is -0.138. The van der Waals surface area contributed by atoms with E-state index in [9.17, 15) is 4.79 Å². The van der Waals surface area contributed by atoms with E-state index in [-0.39, 0.29) is 18.4 Å². The molecule has 2 N–H and O–H groups in total. The Bertz CT molecular complexity index is 337. The Morgan fingerprint density at radius 1 is 1.05 bits per heavy atom. The molecule has 1 amide bonds. The van der Waals surface area contributed by atoms with Crippen molar-refractivity contribution < 1.29 is 4.79 Å². The molecule has 4 nitrogen and oxygen atoms in total. The summed E-state index contributed by atoms with van der Waals surface area (Å²) in [5, 5.41) is 0. The van der Waals surface area contributed by atoms with Crippen LogP contribution in [0.3, 0.4) is 0 Å². The molecule has 0 bridgehead atoms. The van der Waals surface area contributed by atoms with Crippen molar-refractivity contribution in [1.29, 1.82) is 0 Å². The van der Waals surface area contributed by atoms with Crippen LogP contribution in [0.25, 0.3) is 0 Å². The first-order valence-corrected chi connectivity index (χ1v) is 8.01. The zero-order valence-corrected chi connectivity index (χ0v) is 13.1. The summed E-state index contributed by atoms with van der Waals surface area (Å²) in [5.74, 6) is 1.14. The summed E-state index contributed by atoms with van der Waals surface area (Å²) in [5.41, 5.74) is 5.92. The summed E-state index contributed by atoms with van der Waals surface area (Å²) in [6.45, 7) is 3.47. The largest absolute Gasteiger partial charge is 0.338 e. The molecule has 3 unspecified atom stereocenters. The van der Waals surface area contributed by atoms with Gasteiger partial charge in [0.1, 0.15) is 0 Å². The Labute approximate surface area is 128 Å². The van der Waals surface area contributed by atoms with Gasteiger partial charge in [-0.2, -0.15) is 0 Å². The van der Waals surface area contributed by atoms with Crippen molar-refractivity contribution in [2.45, 2.75) is 57.0 Å². The number of fused-ring (bicyclic) bond motifs is 1. The highest BCUT2D eigenvalue weighted by Gasteiger charge is 2.36. The van der Waals surface area contributed by atoms with E-state index in [1.54, 1.807) is 0 Å². The number of halogens is 1. The SMILES string of the molecule is Cl.NC1CCN(CC(=O)N2CCCC3CCCCC32)C1. The molecular formula is C15H28ClN3O. The van der Waals surface area contributed by atoms with Gasteiger partial charge < -0.3 is 10.6 Å². The molecule has 0 spiro atoms. The van der Waals surface area contributed by atoms with Crippen LogP contribution in [0.15, 0.2) is 0 Å². The molecule has 0 aromatic rings. The third-order valence-corrected chi connectivity index (χ3v) is 5.23. The number of likely N-dealkylation sites (tertiary alicyclic amines) is 2. The number of amides is 1. The standard InChI is InChI=1S/C15H27N3O.ClH/c16-13-7-9-17(10-13)11-15(19)18-8-3-5-12-4-1-2-6-14(12)18;/h12-14H,1-11,16H2;1H. The van der Waals surface area contributed by atoms with Crippen LogP contribution in [0.5, 0.6) is 0 Å². The molecule has 1 saturated carbocycles. The van der Waals surface area contributed by atoms with Gasteiger partial charge in [-0.05, 0) is 38.0 Å². The third kappa shape index (κ3) is 3.46. The number of rotatable bonds is 2. The molecule has 2 aliphatic heterocycles. The Morgan fingerprint density at radius 2 is 1.80 bits per heavy atom. The summed E-state index contributed by atoms with van der Waals surface area (Å²) in [6.07, 6.45) is 8.82. The molecule has 0 aromatic carbocycles. The number of nitrogens with two attached hydrogens (primary N) is 1. The lowest BCUT2D eigenvalue weighted by Crippen LogP contribution is -2.52. The maximum atomic E-state index is 12.6. The van der Waals surface area contributed by atoms with Crippen LogP contribution in [-0.2, 0) is 4.79 Å². The zero-order valence-electron chi connectivity index (χ0n) is 12.3. The smallest absolute Gasteiger partial charge is 0.237 e. The second kappa shape index (κ2) is 7.10. The minimum absolute atomic E-state index is 0. The van der Waals surface area contributed by atoms with Gasteiger partial charge in [-0.15, -0.1) is 12.4 Å². The quantitative estimate of drug-likeness (QED) is 0.843. The fourth-order valence-electron chi connectivity index (χ4n) is 4.22. The van der Waals surface area contributed by atoms with Gasteiger partial charge in [-0.1, -0.05) is 12.8 Å². The number of piperidine rings is 1. The molecule has 1 aliphatic carbocycles. The average Bonchev–Trinajstić information content (AvgIpc) is 2.83. The van der Waals surface area contributed by atoms with Gasteiger partial charge >= 0.3 is 0 Å². The number of hydrogen-bond acceptors (Lipinski definition) is 3. The van der Waals surface area contributed by atoms with Crippen LogP contribution < -0.4 is 5.73 Å². The molecule has 0 aromatic heterocycles. The van der Waals surface area contributed by atoms with Crippen molar-refractivity contribution in [2.24, 2.45) is 11.7 Å². The summed E-state index contributed by atoms with van der Waals surface area (Å²) in [4.78, 5) is 17.0. The van der Waals surface area contributed by atoms with Crippen molar-refractivity contribution in [3.63, 3.8) is 0 Å². The van der Waals surface area contributed by atoms with Crippen LogP contribution in [0, 0.1) is 5.92 Å². The number of nitrogens with zero attached hydrogens (tertiary/aromatic N) is 2. The molecule has 20 heavy (non-hydrogen) atoms.